The summed E-state index contributed by atoms with van der Waals surface area (Å²) in [6.45, 7) is 4.49. The Hall–Kier alpha value is -1.00. The van der Waals surface area contributed by atoms with Gasteiger partial charge in [0.2, 0.25) is 0 Å². The van der Waals surface area contributed by atoms with Crippen molar-refractivity contribution in [2.45, 2.75) is 19.8 Å². The smallest absolute Gasteiger partial charge is 0.175 e. The molecule has 0 bridgehead atoms. The number of hydrogen-bond acceptors (Lipinski definition) is 3. The molecule has 0 fully saturated rings. The monoisotopic (exact) mass is 325 g/mol. The van der Waals surface area contributed by atoms with Crippen molar-refractivity contribution in [2.75, 3.05) is 26.8 Å². The maximum atomic E-state index is 5.75. The van der Waals surface area contributed by atoms with Crippen molar-refractivity contribution in [1.82, 2.24) is 5.32 Å². The molecule has 104 valence electrons. The number of benzene rings is 1. The van der Waals surface area contributed by atoms with Crippen LogP contribution < -0.4 is 14.8 Å². The Morgan fingerprint density at radius 2 is 2.16 bits per heavy atom. The normalized spacial score (nSPS) is 15.2. The van der Waals surface area contributed by atoms with Gasteiger partial charge in [0.25, 0.3) is 0 Å². The fourth-order valence-electron chi connectivity index (χ4n) is 2.07. The summed E-state index contributed by atoms with van der Waals surface area (Å²) in [5, 5.41) is 3.19. The first kappa shape index (κ1) is 14.4. The SMILES string of the molecule is CCC(=Cc1cc(Br)c2c(c1)OCCCO2)CNC. The third-order valence-electron chi connectivity index (χ3n) is 3.05. The van der Waals surface area contributed by atoms with E-state index in [1.165, 1.54) is 5.57 Å². The topological polar surface area (TPSA) is 30.5 Å². The molecule has 0 atom stereocenters. The van der Waals surface area contributed by atoms with Gasteiger partial charge in [-0.25, -0.2) is 0 Å². The van der Waals surface area contributed by atoms with Crippen LogP contribution in [-0.4, -0.2) is 26.8 Å². The molecule has 2 rings (SSSR count). The maximum absolute atomic E-state index is 5.75. The van der Waals surface area contributed by atoms with Crippen molar-refractivity contribution < 1.29 is 9.47 Å². The Labute approximate surface area is 123 Å². The van der Waals surface area contributed by atoms with Crippen LogP contribution in [0.3, 0.4) is 0 Å². The van der Waals surface area contributed by atoms with Crippen LogP contribution in [0.4, 0.5) is 0 Å². The highest BCUT2D eigenvalue weighted by molar-refractivity contribution is 9.10. The largest absolute Gasteiger partial charge is 0.489 e. The molecule has 0 saturated heterocycles. The molecule has 1 aromatic rings. The highest BCUT2D eigenvalue weighted by atomic mass is 79.9. The summed E-state index contributed by atoms with van der Waals surface area (Å²) in [7, 11) is 1.97. The standard InChI is InChI=1S/C15H20BrNO2/c1-3-11(10-17-2)7-12-8-13(16)15-14(9-12)18-5-4-6-19-15/h7-9,17H,3-6,10H2,1-2H3. The Balaban J connectivity index is 2.32. The number of ether oxygens (including phenoxy) is 2. The highest BCUT2D eigenvalue weighted by Gasteiger charge is 2.14. The summed E-state index contributed by atoms with van der Waals surface area (Å²) in [6.07, 6.45) is 4.16. The lowest BCUT2D eigenvalue weighted by atomic mass is 10.1. The number of nitrogens with one attached hydrogen (secondary N) is 1. The zero-order valence-electron chi connectivity index (χ0n) is 11.5. The van der Waals surface area contributed by atoms with Crippen LogP contribution >= 0.6 is 15.9 Å². The van der Waals surface area contributed by atoms with Gasteiger partial charge in [0.05, 0.1) is 17.7 Å². The van der Waals surface area contributed by atoms with Gasteiger partial charge in [0.15, 0.2) is 11.5 Å². The molecule has 0 unspecified atom stereocenters. The van der Waals surface area contributed by atoms with Crippen LogP contribution in [0.2, 0.25) is 0 Å². The zero-order valence-corrected chi connectivity index (χ0v) is 13.0. The summed E-state index contributed by atoms with van der Waals surface area (Å²) in [4.78, 5) is 0. The minimum Gasteiger partial charge on any atom is -0.489 e. The van der Waals surface area contributed by atoms with Crippen molar-refractivity contribution in [1.29, 1.82) is 0 Å². The van der Waals surface area contributed by atoms with E-state index in [2.05, 4.69) is 46.4 Å². The van der Waals surface area contributed by atoms with Gasteiger partial charge < -0.3 is 14.8 Å². The number of halogens is 1. The Morgan fingerprint density at radius 3 is 2.89 bits per heavy atom. The lowest BCUT2D eigenvalue weighted by Crippen LogP contribution is -2.09. The van der Waals surface area contributed by atoms with Crippen LogP contribution in [0.1, 0.15) is 25.3 Å². The van der Waals surface area contributed by atoms with Crippen molar-refractivity contribution in [3.63, 3.8) is 0 Å². The fraction of sp³-hybridized carbons (Fsp3) is 0.467. The average Bonchev–Trinajstić information content (AvgIpc) is 2.64. The van der Waals surface area contributed by atoms with E-state index in [-0.39, 0.29) is 0 Å². The summed E-state index contributed by atoms with van der Waals surface area (Å²) in [5.41, 5.74) is 2.51. The molecule has 1 heterocycles. The van der Waals surface area contributed by atoms with Crippen LogP contribution in [0, 0.1) is 0 Å². The fourth-order valence-corrected chi connectivity index (χ4v) is 2.65. The molecule has 19 heavy (non-hydrogen) atoms. The molecular weight excluding hydrogens is 306 g/mol. The molecular formula is C15H20BrNO2. The Morgan fingerprint density at radius 1 is 1.37 bits per heavy atom. The van der Waals surface area contributed by atoms with E-state index in [0.29, 0.717) is 13.2 Å². The summed E-state index contributed by atoms with van der Waals surface area (Å²) in [5.74, 6) is 1.65. The molecule has 0 aromatic heterocycles. The first-order valence-corrected chi connectivity index (χ1v) is 7.47. The van der Waals surface area contributed by atoms with Gasteiger partial charge in [-0.2, -0.15) is 0 Å². The number of likely N-dealkylation sites (N-methyl/N-ethyl adjacent to an activating group) is 1. The van der Waals surface area contributed by atoms with Crippen molar-refractivity contribution in [3.8, 4) is 11.5 Å². The second-order valence-electron chi connectivity index (χ2n) is 4.57. The molecule has 4 heteroatoms. The van der Waals surface area contributed by atoms with Crippen molar-refractivity contribution in [2.24, 2.45) is 0 Å². The quantitative estimate of drug-likeness (QED) is 0.917. The third kappa shape index (κ3) is 3.74. The lowest BCUT2D eigenvalue weighted by molar-refractivity contribution is 0.296. The third-order valence-corrected chi connectivity index (χ3v) is 3.64. The molecule has 1 aliphatic rings. The van der Waals surface area contributed by atoms with E-state index in [1.54, 1.807) is 0 Å². The van der Waals surface area contributed by atoms with Gasteiger partial charge in [0.1, 0.15) is 0 Å². The Bertz CT molecular complexity index is 471. The summed E-state index contributed by atoms with van der Waals surface area (Å²) in [6, 6.07) is 4.13. The van der Waals surface area contributed by atoms with Crippen LogP contribution in [0.25, 0.3) is 6.08 Å². The minimum absolute atomic E-state index is 0.709. The van der Waals surface area contributed by atoms with E-state index in [1.807, 2.05) is 7.05 Å². The predicted octanol–water partition coefficient (Wildman–Crippen LogP) is 3.62. The summed E-state index contributed by atoms with van der Waals surface area (Å²) < 4.78 is 12.4. The molecule has 3 nitrogen and oxygen atoms in total. The first-order valence-electron chi connectivity index (χ1n) is 6.67. The van der Waals surface area contributed by atoms with Gasteiger partial charge in [-0.05, 0) is 47.1 Å². The van der Waals surface area contributed by atoms with Gasteiger partial charge >= 0.3 is 0 Å². The van der Waals surface area contributed by atoms with Crippen LogP contribution in [-0.2, 0) is 0 Å². The van der Waals surface area contributed by atoms with Crippen LogP contribution in [0.15, 0.2) is 22.2 Å². The maximum Gasteiger partial charge on any atom is 0.175 e. The minimum atomic E-state index is 0.709. The number of hydrogen-bond donors (Lipinski definition) is 1. The Kier molecular flexibility index (Phi) is 5.28. The number of rotatable bonds is 4. The molecule has 0 radical (unpaired) electrons. The number of fused-ring (bicyclic) bond motifs is 1. The van der Waals surface area contributed by atoms with E-state index >= 15 is 0 Å². The van der Waals surface area contributed by atoms with E-state index in [0.717, 1.165) is 40.9 Å². The molecule has 1 aromatic carbocycles. The van der Waals surface area contributed by atoms with Gasteiger partial charge in [-0.3, -0.25) is 0 Å². The van der Waals surface area contributed by atoms with Crippen molar-refractivity contribution >= 4 is 22.0 Å². The predicted molar refractivity (Wildman–Crippen MR) is 81.9 cm³/mol. The molecule has 1 N–H and O–H groups in total. The second kappa shape index (κ2) is 6.96. The van der Waals surface area contributed by atoms with Crippen molar-refractivity contribution in [3.05, 3.63) is 27.7 Å². The molecule has 0 aliphatic carbocycles. The second-order valence-corrected chi connectivity index (χ2v) is 5.42. The van der Waals surface area contributed by atoms with E-state index < -0.39 is 0 Å². The average molecular weight is 326 g/mol. The molecule has 0 spiro atoms. The summed E-state index contributed by atoms with van der Waals surface area (Å²) >= 11 is 3.57. The van der Waals surface area contributed by atoms with E-state index in [9.17, 15) is 0 Å². The highest BCUT2D eigenvalue weighted by Crippen LogP contribution is 2.38. The van der Waals surface area contributed by atoms with Gasteiger partial charge in [-0.15, -0.1) is 0 Å². The zero-order chi connectivity index (χ0) is 13.7. The van der Waals surface area contributed by atoms with E-state index in [4.69, 9.17) is 9.47 Å². The van der Waals surface area contributed by atoms with Gasteiger partial charge in [0, 0.05) is 13.0 Å². The molecule has 0 saturated carbocycles. The lowest BCUT2D eigenvalue weighted by Gasteiger charge is -2.11. The van der Waals surface area contributed by atoms with Gasteiger partial charge in [-0.1, -0.05) is 18.6 Å². The molecule has 1 aliphatic heterocycles. The molecule has 0 amide bonds. The van der Waals surface area contributed by atoms with Crippen LogP contribution in [0.5, 0.6) is 11.5 Å². The first-order chi connectivity index (χ1) is 9.24.